The summed E-state index contributed by atoms with van der Waals surface area (Å²) in [6.45, 7) is 1.48. The summed E-state index contributed by atoms with van der Waals surface area (Å²) in [4.78, 5) is 23.5. The van der Waals surface area contributed by atoms with Crippen LogP contribution in [-0.4, -0.2) is 28.0 Å². The van der Waals surface area contributed by atoms with Crippen molar-refractivity contribution in [2.75, 3.05) is 18.0 Å². The molecule has 30 heavy (non-hydrogen) atoms. The number of anilines is 1. The highest BCUT2D eigenvalue weighted by molar-refractivity contribution is 5.79. The van der Waals surface area contributed by atoms with Crippen molar-refractivity contribution in [2.45, 2.75) is 26.4 Å². The lowest BCUT2D eigenvalue weighted by Gasteiger charge is -2.30. The van der Waals surface area contributed by atoms with Gasteiger partial charge in [-0.3, -0.25) is 20.2 Å². The third kappa shape index (κ3) is 4.13. The Labute approximate surface area is 170 Å². The number of halogens is 2. The van der Waals surface area contributed by atoms with Gasteiger partial charge in [0, 0.05) is 24.7 Å². The number of hydrogen-bond donors (Lipinski definition) is 1. The van der Waals surface area contributed by atoms with E-state index in [1.165, 1.54) is 19.1 Å². The van der Waals surface area contributed by atoms with Gasteiger partial charge in [0.05, 0.1) is 16.5 Å². The molecule has 0 spiro atoms. The lowest BCUT2D eigenvalue weighted by molar-refractivity contribution is -0.393. The Morgan fingerprint density at radius 1 is 1.10 bits per heavy atom. The van der Waals surface area contributed by atoms with E-state index in [-0.39, 0.29) is 35.6 Å². The average Bonchev–Trinajstić information content (AvgIpc) is 2.70. The fraction of sp³-hybridized carbons (Fsp3) is 0.300. The SMILES string of the molecule is Cc1c(CO)cc([N+](=O)[O-])c(N2CCC(=Cc3ccc(F)c(F)c3)CC2)c1[N+](=O)[O-]. The molecule has 1 saturated heterocycles. The number of nitro groups is 2. The molecular formula is C20H19F2N3O5. The fourth-order valence-corrected chi connectivity index (χ4v) is 3.63. The normalized spacial score (nSPS) is 14.0. The number of rotatable bonds is 5. The molecule has 0 bridgehead atoms. The van der Waals surface area contributed by atoms with E-state index < -0.39 is 33.8 Å². The van der Waals surface area contributed by atoms with E-state index in [1.54, 1.807) is 11.0 Å². The van der Waals surface area contributed by atoms with E-state index in [4.69, 9.17) is 0 Å². The molecule has 1 N–H and O–H groups in total. The monoisotopic (exact) mass is 419 g/mol. The molecule has 2 aromatic rings. The maximum Gasteiger partial charge on any atom is 0.302 e. The number of piperidine rings is 1. The van der Waals surface area contributed by atoms with Crippen molar-refractivity contribution in [1.29, 1.82) is 0 Å². The van der Waals surface area contributed by atoms with Gasteiger partial charge in [0.1, 0.15) is 0 Å². The highest BCUT2D eigenvalue weighted by atomic mass is 19.2. The first-order chi connectivity index (χ1) is 14.2. The van der Waals surface area contributed by atoms with Gasteiger partial charge in [0.2, 0.25) is 0 Å². The molecule has 0 unspecified atom stereocenters. The van der Waals surface area contributed by atoms with Gasteiger partial charge in [0.15, 0.2) is 17.3 Å². The maximum atomic E-state index is 13.4. The minimum Gasteiger partial charge on any atom is -0.392 e. The quantitative estimate of drug-likeness (QED) is 0.573. The summed E-state index contributed by atoms with van der Waals surface area (Å²) in [6.07, 6.45) is 2.63. The molecule has 0 atom stereocenters. The molecule has 10 heteroatoms. The molecule has 0 radical (unpaired) electrons. The predicted molar refractivity (Wildman–Crippen MR) is 106 cm³/mol. The fourth-order valence-electron chi connectivity index (χ4n) is 3.63. The molecule has 0 amide bonds. The van der Waals surface area contributed by atoms with Gasteiger partial charge in [-0.25, -0.2) is 8.78 Å². The van der Waals surface area contributed by atoms with Crippen molar-refractivity contribution in [3.8, 4) is 0 Å². The molecule has 158 valence electrons. The summed E-state index contributed by atoms with van der Waals surface area (Å²) in [7, 11) is 0. The van der Waals surface area contributed by atoms with Gasteiger partial charge in [0.25, 0.3) is 5.69 Å². The summed E-state index contributed by atoms with van der Waals surface area (Å²) < 4.78 is 26.5. The summed E-state index contributed by atoms with van der Waals surface area (Å²) in [6, 6.07) is 4.74. The number of hydrogen-bond acceptors (Lipinski definition) is 6. The van der Waals surface area contributed by atoms with Crippen molar-refractivity contribution in [1.82, 2.24) is 0 Å². The van der Waals surface area contributed by atoms with Crippen molar-refractivity contribution in [3.05, 3.63) is 78.4 Å². The molecule has 0 aliphatic carbocycles. The zero-order valence-corrected chi connectivity index (χ0v) is 16.1. The third-order valence-corrected chi connectivity index (χ3v) is 5.20. The summed E-state index contributed by atoms with van der Waals surface area (Å²) in [5.41, 5.74) is 0.847. The Morgan fingerprint density at radius 2 is 1.77 bits per heavy atom. The number of aliphatic hydroxyl groups excluding tert-OH is 1. The minimum absolute atomic E-state index is 0.0772. The molecular weight excluding hydrogens is 400 g/mol. The zero-order chi connectivity index (χ0) is 22.0. The second kappa shape index (κ2) is 8.54. The van der Waals surface area contributed by atoms with Crippen LogP contribution < -0.4 is 4.90 Å². The molecule has 0 saturated carbocycles. The van der Waals surface area contributed by atoms with Crippen molar-refractivity contribution >= 4 is 23.1 Å². The van der Waals surface area contributed by atoms with Crippen molar-refractivity contribution < 1.29 is 23.7 Å². The predicted octanol–water partition coefficient (Wildman–Crippen LogP) is 4.27. The second-order valence-electron chi connectivity index (χ2n) is 7.01. The average molecular weight is 419 g/mol. The van der Waals surface area contributed by atoms with Crippen LogP contribution in [0.25, 0.3) is 6.08 Å². The molecule has 2 aromatic carbocycles. The number of aliphatic hydroxyl groups is 1. The summed E-state index contributed by atoms with van der Waals surface area (Å²) >= 11 is 0. The van der Waals surface area contributed by atoms with Gasteiger partial charge < -0.3 is 10.0 Å². The molecule has 8 nitrogen and oxygen atoms in total. The Kier molecular flexibility index (Phi) is 6.06. The van der Waals surface area contributed by atoms with Crippen LogP contribution >= 0.6 is 0 Å². The summed E-state index contributed by atoms with van der Waals surface area (Å²) in [5, 5.41) is 32.7. The van der Waals surface area contributed by atoms with Crippen LogP contribution in [0.5, 0.6) is 0 Å². The van der Waals surface area contributed by atoms with E-state index >= 15 is 0 Å². The Bertz CT molecular complexity index is 1050. The Morgan fingerprint density at radius 3 is 2.30 bits per heavy atom. The third-order valence-electron chi connectivity index (χ3n) is 5.20. The van der Waals surface area contributed by atoms with E-state index in [0.717, 1.165) is 17.7 Å². The second-order valence-corrected chi connectivity index (χ2v) is 7.01. The minimum atomic E-state index is -0.951. The van der Waals surface area contributed by atoms with Gasteiger partial charge in [-0.1, -0.05) is 17.7 Å². The molecule has 1 fully saturated rings. The van der Waals surface area contributed by atoms with Crippen LogP contribution in [0.3, 0.4) is 0 Å². The van der Waals surface area contributed by atoms with Crippen LogP contribution in [-0.2, 0) is 6.61 Å². The van der Waals surface area contributed by atoms with Crippen LogP contribution in [0.15, 0.2) is 29.8 Å². The number of nitro benzene ring substituents is 2. The number of benzene rings is 2. The molecule has 1 aliphatic heterocycles. The lowest BCUT2D eigenvalue weighted by atomic mass is 9.98. The maximum absolute atomic E-state index is 13.4. The van der Waals surface area contributed by atoms with Crippen LogP contribution in [0.4, 0.5) is 25.8 Å². The standard InChI is InChI=1S/C20H19F2N3O5/c1-12-15(11-26)10-18(24(27)28)20(19(12)25(29)30)23-6-4-13(5-7-23)8-14-2-3-16(21)17(22)9-14/h2-3,8-10,26H,4-7,11H2,1H3. The van der Waals surface area contributed by atoms with E-state index in [2.05, 4.69) is 0 Å². The first kappa shape index (κ1) is 21.3. The van der Waals surface area contributed by atoms with Crippen LogP contribution in [0.1, 0.15) is 29.5 Å². The van der Waals surface area contributed by atoms with E-state index in [1.807, 2.05) is 0 Å². The number of nitrogens with zero attached hydrogens (tertiary/aromatic N) is 3. The Hall–Kier alpha value is -3.40. The lowest BCUT2D eigenvalue weighted by Crippen LogP contribution is -2.32. The van der Waals surface area contributed by atoms with Crippen molar-refractivity contribution in [2.24, 2.45) is 0 Å². The largest absolute Gasteiger partial charge is 0.392 e. The van der Waals surface area contributed by atoms with Gasteiger partial charge in [-0.2, -0.15) is 0 Å². The first-order valence-electron chi connectivity index (χ1n) is 9.18. The highest BCUT2D eigenvalue weighted by Crippen LogP contribution is 2.43. The van der Waals surface area contributed by atoms with E-state index in [9.17, 15) is 34.1 Å². The topological polar surface area (TPSA) is 110 Å². The smallest absolute Gasteiger partial charge is 0.302 e. The van der Waals surface area contributed by atoms with Gasteiger partial charge in [-0.05, 0) is 43.0 Å². The summed E-state index contributed by atoms with van der Waals surface area (Å²) in [5.74, 6) is -1.89. The molecule has 1 aliphatic rings. The van der Waals surface area contributed by atoms with Crippen molar-refractivity contribution in [3.63, 3.8) is 0 Å². The zero-order valence-electron chi connectivity index (χ0n) is 16.1. The first-order valence-corrected chi connectivity index (χ1v) is 9.18. The highest BCUT2D eigenvalue weighted by Gasteiger charge is 2.34. The molecule has 1 heterocycles. The van der Waals surface area contributed by atoms with Crippen LogP contribution in [0, 0.1) is 38.8 Å². The van der Waals surface area contributed by atoms with Crippen LogP contribution in [0.2, 0.25) is 0 Å². The Balaban J connectivity index is 1.93. The molecule has 0 aromatic heterocycles. The van der Waals surface area contributed by atoms with Gasteiger partial charge in [-0.15, -0.1) is 0 Å². The van der Waals surface area contributed by atoms with Gasteiger partial charge >= 0.3 is 5.69 Å². The van der Waals surface area contributed by atoms with E-state index in [0.29, 0.717) is 18.4 Å². The molecule has 3 rings (SSSR count).